The van der Waals surface area contributed by atoms with Crippen molar-refractivity contribution in [3.63, 3.8) is 0 Å². The number of hydrogen-bond acceptors (Lipinski definition) is 3. The number of rotatable bonds is 5. The molecule has 2 atom stereocenters. The maximum absolute atomic E-state index is 5.61. The van der Waals surface area contributed by atoms with Crippen LogP contribution in [0.1, 0.15) is 39.5 Å². The van der Waals surface area contributed by atoms with Gasteiger partial charge in [0.25, 0.3) is 0 Å². The lowest BCUT2D eigenvalue weighted by Crippen LogP contribution is -2.47. The molecule has 3 heteroatoms. The minimum Gasteiger partial charge on any atom is -0.381 e. The summed E-state index contributed by atoms with van der Waals surface area (Å²) in [6, 6.07) is 0.830. The molecule has 0 bridgehead atoms. The predicted molar refractivity (Wildman–Crippen MR) is 78.3 cm³/mol. The quantitative estimate of drug-likeness (QED) is 0.825. The predicted octanol–water partition coefficient (Wildman–Crippen LogP) is 2.12. The first-order chi connectivity index (χ1) is 9.17. The zero-order chi connectivity index (χ0) is 13.3. The summed E-state index contributed by atoms with van der Waals surface area (Å²) in [7, 11) is 0. The van der Waals surface area contributed by atoms with Crippen molar-refractivity contribution >= 4 is 0 Å². The molecule has 3 nitrogen and oxygen atoms in total. The van der Waals surface area contributed by atoms with Crippen LogP contribution < -0.4 is 5.32 Å². The van der Waals surface area contributed by atoms with Crippen LogP contribution >= 0.6 is 0 Å². The van der Waals surface area contributed by atoms with Crippen LogP contribution in [0.3, 0.4) is 0 Å². The first-order valence-corrected chi connectivity index (χ1v) is 8.20. The van der Waals surface area contributed by atoms with E-state index in [1.54, 1.807) is 0 Å². The van der Waals surface area contributed by atoms with Gasteiger partial charge in [0.05, 0.1) is 0 Å². The molecule has 2 unspecified atom stereocenters. The summed E-state index contributed by atoms with van der Waals surface area (Å²) < 4.78 is 5.61. The first kappa shape index (κ1) is 13.8. The fraction of sp³-hybridized carbons (Fsp3) is 1.00. The van der Waals surface area contributed by atoms with Gasteiger partial charge in [-0.2, -0.15) is 0 Å². The molecule has 2 heterocycles. The van der Waals surface area contributed by atoms with E-state index in [0.29, 0.717) is 5.41 Å². The van der Waals surface area contributed by atoms with Crippen molar-refractivity contribution in [3.8, 4) is 0 Å². The molecule has 3 aliphatic rings. The van der Waals surface area contributed by atoms with E-state index < -0.39 is 0 Å². The van der Waals surface area contributed by atoms with Crippen molar-refractivity contribution in [1.29, 1.82) is 0 Å². The Morgan fingerprint density at radius 3 is 2.32 bits per heavy atom. The van der Waals surface area contributed by atoms with Crippen LogP contribution in [0.2, 0.25) is 0 Å². The molecule has 0 aromatic carbocycles. The molecule has 0 aromatic rings. The lowest BCUT2D eigenvalue weighted by atomic mass is 9.79. The SMILES string of the molecule is CC1CN(CC2(CNC3CC3)CCOCC2)CC1C. The second-order valence-electron chi connectivity index (χ2n) is 7.42. The minimum atomic E-state index is 0.477. The zero-order valence-electron chi connectivity index (χ0n) is 12.7. The molecule has 2 saturated heterocycles. The normalized spacial score (nSPS) is 35.7. The van der Waals surface area contributed by atoms with E-state index in [1.165, 1.54) is 51.9 Å². The average molecular weight is 266 g/mol. The smallest absolute Gasteiger partial charge is 0.0472 e. The highest BCUT2D eigenvalue weighted by molar-refractivity contribution is 4.93. The van der Waals surface area contributed by atoms with Crippen molar-refractivity contribution in [2.75, 3.05) is 39.4 Å². The average Bonchev–Trinajstić information content (AvgIpc) is 3.16. The Labute approximate surface area is 118 Å². The Morgan fingerprint density at radius 1 is 1.11 bits per heavy atom. The highest BCUT2D eigenvalue weighted by atomic mass is 16.5. The van der Waals surface area contributed by atoms with Crippen LogP contribution in [0.25, 0.3) is 0 Å². The topological polar surface area (TPSA) is 24.5 Å². The molecule has 3 rings (SSSR count). The first-order valence-electron chi connectivity index (χ1n) is 8.20. The molecular weight excluding hydrogens is 236 g/mol. The Morgan fingerprint density at radius 2 is 1.74 bits per heavy atom. The molecular formula is C16H30N2O. The Kier molecular flexibility index (Phi) is 4.16. The molecule has 1 aliphatic carbocycles. The van der Waals surface area contributed by atoms with Gasteiger partial charge in [-0.1, -0.05) is 13.8 Å². The molecule has 2 aliphatic heterocycles. The number of ether oxygens (including phenoxy) is 1. The third-order valence-electron chi connectivity index (χ3n) is 5.52. The van der Waals surface area contributed by atoms with E-state index in [0.717, 1.165) is 31.1 Å². The van der Waals surface area contributed by atoms with Crippen molar-refractivity contribution in [2.45, 2.75) is 45.6 Å². The summed E-state index contributed by atoms with van der Waals surface area (Å²) in [6.45, 7) is 11.8. The summed E-state index contributed by atoms with van der Waals surface area (Å²) in [5, 5.41) is 3.78. The Hall–Kier alpha value is -0.120. The molecule has 1 saturated carbocycles. The lowest BCUT2D eigenvalue weighted by Gasteiger charge is -2.40. The summed E-state index contributed by atoms with van der Waals surface area (Å²) in [6.07, 6.45) is 5.27. The van der Waals surface area contributed by atoms with Crippen molar-refractivity contribution in [3.05, 3.63) is 0 Å². The molecule has 19 heavy (non-hydrogen) atoms. The van der Waals surface area contributed by atoms with Gasteiger partial charge in [-0.3, -0.25) is 0 Å². The number of likely N-dealkylation sites (tertiary alicyclic amines) is 1. The Bertz CT molecular complexity index is 287. The minimum absolute atomic E-state index is 0.477. The summed E-state index contributed by atoms with van der Waals surface area (Å²) in [5.41, 5.74) is 0.477. The molecule has 1 N–H and O–H groups in total. The summed E-state index contributed by atoms with van der Waals surface area (Å²) in [5.74, 6) is 1.74. The van der Waals surface area contributed by atoms with Gasteiger partial charge < -0.3 is 15.0 Å². The maximum atomic E-state index is 5.61. The number of nitrogens with one attached hydrogen (secondary N) is 1. The molecule has 110 valence electrons. The van der Waals surface area contributed by atoms with Crippen LogP contribution in [0.15, 0.2) is 0 Å². The monoisotopic (exact) mass is 266 g/mol. The maximum Gasteiger partial charge on any atom is 0.0472 e. The fourth-order valence-electron chi connectivity index (χ4n) is 3.70. The van der Waals surface area contributed by atoms with Gasteiger partial charge in [-0.25, -0.2) is 0 Å². The second-order valence-corrected chi connectivity index (χ2v) is 7.42. The van der Waals surface area contributed by atoms with E-state index in [4.69, 9.17) is 4.74 Å². The summed E-state index contributed by atoms with van der Waals surface area (Å²) in [4.78, 5) is 2.72. The zero-order valence-corrected chi connectivity index (χ0v) is 12.7. The van der Waals surface area contributed by atoms with Crippen LogP contribution in [-0.2, 0) is 4.74 Å². The van der Waals surface area contributed by atoms with Gasteiger partial charge >= 0.3 is 0 Å². The van der Waals surface area contributed by atoms with E-state index >= 15 is 0 Å². The van der Waals surface area contributed by atoms with Gasteiger partial charge in [-0.05, 0) is 42.9 Å². The number of hydrogen-bond donors (Lipinski definition) is 1. The number of nitrogens with zero attached hydrogens (tertiary/aromatic N) is 1. The van der Waals surface area contributed by atoms with Crippen LogP contribution in [0.5, 0.6) is 0 Å². The van der Waals surface area contributed by atoms with Gasteiger partial charge in [0.15, 0.2) is 0 Å². The molecule has 0 amide bonds. The molecule has 0 aromatic heterocycles. The molecule has 3 fully saturated rings. The molecule has 0 spiro atoms. The van der Waals surface area contributed by atoms with Crippen LogP contribution in [0.4, 0.5) is 0 Å². The van der Waals surface area contributed by atoms with Crippen molar-refractivity contribution in [1.82, 2.24) is 10.2 Å². The van der Waals surface area contributed by atoms with E-state index in [-0.39, 0.29) is 0 Å². The largest absolute Gasteiger partial charge is 0.381 e. The third-order valence-corrected chi connectivity index (χ3v) is 5.52. The third kappa shape index (κ3) is 3.50. The van der Waals surface area contributed by atoms with Crippen molar-refractivity contribution < 1.29 is 4.74 Å². The summed E-state index contributed by atoms with van der Waals surface area (Å²) >= 11 is 0. The molecule has 0 radical (unpaired) electrons. The van der Waals surface area contributed by atoms with Crippen LogP contribution in [0, 0.1) is 17.3 Å². The highest BCUT2D eigenvalue weighted by Crippen LogP contribution is 2.34. The fourth-order valence-corrected chi connectivity index (χ4v) is 3.70. The van der Waals surface area contributed by atoms with Gasteiger partial charge in [0.2, 0.25) is 0 Å². The van der Waals surface area contributed by atoms with E-state index in [2.05, 4.69) is 24.1 Å². The van der Waals surface area contributed by atoms with Crippen molar-refractivity contribution in [2.24, 2.45) is 17.3 Å². The second kappa shape index (κ2) is 5.71. The Balaban J connectivity index is 1.57. The van der Waals surface area contributed by atoms with E-state index in [9.17, 15) is 0 Å². The van der Waals surface area contributed by atoms with E-state index in [1.807, 2.05) is 0 Å². The lowest BCUT2D eigenvalue weighted by molar-refractivity contribution is -0.00182. The standard InChI is InChI=1S/C16H30N2O/c1-13-9-18(10-14(13)2)12-16(5-7-19-8-6-16)11-17-15-3-4-15/h13-15,17H,3-12H2,1-2H3. The van der Waals surface area contributed by atoms with Gasteiger partial charge in [0, 0.05) is 45.4 Å². The highest BCUT2D eigenvalue weighted by Gasteiger charge is 2.38. The van der Waals surface area contributed by atoms with Crippen LogP contribution in [-0.4, -0.2) is 50.3 Å². The van der Waals surface area contributed by atoms with Gasteiger partial charge in [-0.15, -0.1) is 0 Å². The van der Waals surface area contributed by atoms with Gasteiger partial charge in [0.1, 0.15) is 0 Å².